The van der Waals surface area contributed by atoms with E-state index in [0.29, 0.717) is 0 Å². The number of hydrogen-bond acceptors (Lipinski definition) is 3. The van der Waals surface area contributed by atoms with Crippen LogP contribution in [-0.4, -0.2) is 11.5 Å². The van der Waals surface area contributed by atoms with Gasteiger partial charge in [-0.25, -0.2) is 0 Å². The van der Waals surface area contributed by atoms with Gasteiger partial charge in [-0.3, -0.25) is 10.1 Å². The molecule has 1 aromatic carbocycles. The van der Waals surface area contributed by atoms with Crippen molar-refractivity contribution in [2.75, 3.05) is 11.9 Å². The highest BCUT2D eigenvalue weighted by Crippen LogP contribution is 2.38. The van der Waals surface area contributed by atoms with Gasteiger partial charge < -0.3 is 5.32 Å². The molecule has 1 aliphatic rings. The zero-order valence-electron chi connectivity index (χ0n) is 9.87. The standard InChI is InChI=1S/C12H15ClN2O2/c1-7-3-9(7)6-14-11-5-10(13)12(15(16)17)4-8(11)2/h4-5,7,9,14H,3,6H2,1-2H3. The molecule has 1 fully saturated rings. The number of halogens is 1. The summed E-state index contributed by atoms with van der Waals surface area (Å²) >= 11 is 5.87. The van der Waals surface area contributed by atoms with Gasteiger partial charge in [-0.05, 0) is 36.8 Å². The van der Waals surface area contributed by atoms with Gasteiger partial charge in [0.05, 0.1) is 4.92 Å². The van der Waals surface area contributed by atoms with E-state index in [-0.39, 0.29) is 10.7 Å². The molecule has 1 N–H and O–H groups in total. The van der Waals surface area contributed by atoms with Gasteiger partial charge >= 0.3 is 0 Å². The molecule has 0 radical (unpaired) electrons. The minimum Gasteiger partial charge on any atom is -0.384 e. The highest BCUT2D eigenvalue weighted by Gasteiger charge is 2.32. The molecule has 0 bridgehead atoms. The molecule has 0 heterocycles. The number of anilines is 1. The number of nitrogens with zero attached hydrogens (tertiary/aromatic N) is 1. The second kappa shape index (κ2) is 4.53. The second-order valence-corrected chi connectivity index (χ2v) is 5.14. The first kappa shape index (κ1) is 12.2. The van der Waals surface area contributed by atoms with Gasteiger partial charge in [0, 0.05) is 18.3 Å². The van der Waals surface area contributed by atoms with Crippen LogP contribution in [0.25, 0.3) is 0 Å². The van der Waals surface area contributed by atoms with Crippen LogP contribution in [0.5, 0.6) is 0 Å². The van der Waals surface area contributed by atoms with E-state index in [1.165, 1.54) is 12.5 Å². The second-order valence-electron chi connectivity index (χ2n) is 4.73. The molecular weight excluding hydrogens is 240 g/mol. The van der Waals surface area contributed by atoms with Gasteiger partial charge in [0.1, 0.15) is 5.02 Å². The molecule has 2 unspecified atom stereocenters. The van der Waals surface area contributed by atoms with Gasteiger partial charge in [-0.15, -0.1) is 0 Å². The van der Waals surface area contributed by atoms with Crippen molar-refractivity contribution in [3.8, 4) is 0 Å². The molecule has 0 amide bonds. The number of nitro groups is 1. The maximum atomic E-state index is 10.7. The van der Waals surface area contributed by atoms with Crippen molar-refractivity contribution in [2.45, 2.75) is 20.3 Å². The maximum absolute atomic E-state index is 10.7. The predicted octanol–water partition coefficient (Wildman–Crippen LogP) is 3.62. The first-order valence-electron chi connectivity index (χ1n) is 5.67. The minimum absolute atomic E-state index is 0.0329. The van der Waals surface area contributed by atoms with Crippen LogP contribution in [0.3, 0.4) is 0 Å². The summed E-state index contributed by atoms with van der Waals surface area (Å²) in [5.74, 6) is 1.51. The summed E-state index contributed by atoms with van der Waals surface area (Å²) in [6, 6.07) is 3.16. The lowest BCUT2D eigenvalue weighted by molar-refractivity contribution is -0.384. The van der Waals surface area contributed by atoms with Crippen molar-refractivity contribution in [1.29, 1.82) is 0 Å². The molecule has 0 spiro atoms. The Kier molecular flexibility index (Phi) is 3.24. The van der Waals surface area contributed by atoms with E-state index in [1.807, 2.05) is 6.92 Å². The van der Waals surface area contributed by atoms with Crippen molar-refractivity contribution in [3.63, 3.8) is 0 Å². The first-order valence-corrected chi connectivity index (χ1v) is 6.05. The molecule has 0 aromatic heterocycles. The highest BCUT2D eigenvalue weighted by atomic mass is 35.5. The number of rotatable bonds is 4. The molecule has 92 valence electrons. The fourth-order valence-corrected chi connectivity index (χ4v) is 2.15. The largest absolute Gasteiger partial charge is 0.384 e. The van der Waals surface area contributed by atoms with Gasteiger partial charge in [0.2, 0.25) is 0 Å². The molecular formula is C12H15ClN2O2. The van der Waals surface area contributed by atoms with Crippen LogP contribution in [0.4, 0.5) is 11.4 Å². The van der Waals surface area contributed by atoms with Crippen LogP contribution in [0.2, 0.25) is 5.02 Å². The van der Waals surface area contributed by atoms with Crippen LogP contribution in [0.15, 0.2) is 12.1 Å². The number of nitrogens with one attached hydrogen (secondary N) is 1. The van der Waals surface area contributed by atoms with E-state index >= 15 is 0 Å². The number of hydrogen-bond donors (Lipinski definition) is 1. The number of nitro benzene ring substituents is 1. The van der Waals surface area contributed by atoms with Crippen LogP contribution < -0.4 is 5.32 Å². The minimum atomic E-state index is -0.456. The summed E-state index contributed by atoms with van der Waals surface area (Å²) in [6.07, 6.45) is 1.26. The third-order valence-electron chi connectivity index (χ3n) is 3.32. The van der Waals surface area contributed by atoms with Gasteiger partial charge in [0.15, 0.2) is 0 Å². The summed E-state index contributed by atoms with van der Waals surface area (Å²) in [7, 11) is 0. The van der Waals surface area contributed by atoms with Crippen molar-refractivity contribution in [1.82, 2.24) is 0 Å². The topological polar surface area (TPSA) is 55.2 Å². The third-order valence-corrected chi connectivity index (χ3v) is 3.62. The molecule has 17 heavy (non-hydrogen) atoms. The van der Waals surface area contributed by atoms with E-state index in [1.54, 1.807) is 6.07 Å². The van der Waals surface area contributed by atoms with Crippen molar-refractivity contribution < 1.29 is 4.92 Å². The van der Waals surface area contributed by atoms with Crippen molar-refractivity contribution in [2.24, 2.45) is 11.8 Å². The molecule has 2 atom stereocenters. The van der Waals surface area contributed by atoms with Crippen LogP contribution in [0, 0.1) is 28.9 Å². The molecule has 4 nitrogen and oxygen atoms in total. The molecule has 0 saturated heterocycles. The normalized spacial score (nSPS) is 22.3. The Balaban J connectivity index is 2.12. The van der Waals surface area contributed by atoms with E-state index < -0.39 is 4.92 Å². The fraction of sp³-hybridized carbons (Fsp3) is 0.500. The van der Waals surface area contributed by atoms with E-state index in [0.717, 1.165) is 29.6 Å². The predicted molar refractivity (Wildman–Crippen MR) is 68.6 cm³/mol. The number of benzene rings is 1. The lowest BCUT2D eigenvalue weighted by atomic mass is 10.1. The summed E-state index contributed by atoms with van der Waals surface area (Å²) in [4.78, 5) is 10.2. The lowest BCUT2D eigenvalue weighted by Crippen LogP contribution is -2.06. The Hall–Kier alpha value is -1.29. The molecule has 1 aromatic rings. The zero-order chi connectivity index (χ0) is 12.6. The average Bonchev–Trinajstić information content (AvgIpc) is 2.95. The van der Waals surface area contributed by atoms with Crippen molar-refractivity contribution >= 4 is 23.0 Å². The molecule has 1 aliphatic carbocycles. The van der Waals surface area contributed by atoms with Gasteiger partial charge in [-0.1, -0.05) is 18.5 Å². The molecule has 5 heteroatoms. The van der Waals surface area contributed by atoms with E-state index in [9.17, 15) is 10.1 Å². The first-order chi connectivity index (χ1) is 7.99. The quantitative estimate of drug-likeness (QED) is 0.659. The van der Waals surface area contributed by atoms with E-state index in [4.69, 9.17) is 11.6 Å². The fourth-order valence-electron chi connectivity index (χ4n) is 1.92. The third kappa shape index (κ3) is 2.69. The summed E-state index contributed by atoms with van der Waals surface area (Å²) in [5.41, 5.74) is 1.71. The zero-order valence-corrected chi connectivity index (χ0v) is 10.6. The Morgan fingerprint density at radius 3 is 2.76 bits per heavy atom. The monoisotopic (exact) mass is 254 g/mol. The molecule has 0 aliphatic heterocycles. The maximum Gasteiger partial charge on any atom is 0.288 e. The number of aryl methyl sites for hydroxylation is 1. The van der Waals surface area contributed by atoms with Crippen molar-refractivity contribution in [3.05, 3.63) is 32.8 Å². The van der Waals surface area contributed by atoms with Crippen LogP contribution in [0.1, 0.15) is 18.9 Å². The summed E-state index contributed by atoms with van der Waals surface area (Å²) in [5, 5.41) is 14.2. The Bertz CT molecular complexity index is 462. The SMILES string of the molecule is Cc1cc([N+](=O)[O-])c(Cl)cc1NCC1CC1C. The smallest absolute Gasteiger partial charge is 0.288 e. The van der Waals surface area contributed by atoms with Gasteiger partial charge in [0.25, 0.3) is 5.69 Å². The summed E-state index contributed by atoms with van der Waals surface area (Å²) < 4.78 is 0. The Morgan fingerprint density at radius 1 is 1.59 bits per heavy atom. The average molecular weight is 255 g/mol. The highest BCUT2D eigenvalue weighted by molar-refractivity contribution is 6.33. The Morgan fingerprint density at radius 2 is 2.24 bits per heavy atom. The Labute approximate surface area is 105 Å². The summed E-state index contributed by atoms with van der Waals surface area (Å²) in [6.45, 7) is 4.99. The van der Waals surface area contributed by atoms with E-state index in [2.05, 4.69) is 12.2 Å². The van der Waals surface area contributed by atoms with Crippen LogP contribution >= 0.6 is 11.6 Å². The van der Waals surface area contributed by atoms with Crippen LogP contribution in [-0.2, 0) is 0 Å². The molecule has 1 saturated carbocycles. The molecule has 2 rings (SSSR count). The van der Waals surface area contributed by atoms with Gasteiger partial charge in [-0.2, -0.15) is 0 Å². The lowest BCUT2D eigenvalue weighted by Gasteiger charge is -2.09.